The smallest absolute Gasteiger partial charge is 0.325 e. The Morgan fingerprint density at radius 2 is 1.24 bits per heavy atom. The zero-order chi connectivity index (χ0) is 44.4. The van der Waals surface area contributed by atoms with Crippen LogP contribution in [0.4, 0.5) is 0 Å². The summed E-state index contributed by atoms with van der Waals surface area (Å²) in [6, 6.07) is -3.05. The molecule has 1 aromatic carbocycles. The van der Waals surface area contributed by atoms with Gasteiger partial charge in [-0.3, -0.25) is 43.2 Å². The third kappa shape index (κ3) is 17.6. The highest BCUT2D eigenvalue weighted by Crippen LogP contribution is 2.13. The van der Waals surface area contributed by atoms with Gasteiger partial charge in [-0.1, -0.05) is 26.0 Å². The number of nitrogens with zero attached hydrogens (tertiary/aromatic N) is 1. The number of phenols is 1. The number of aromatic amines is 1. The molecule has 2 rings (SSSR count). The number of phenolic OH excluding ortho intramolecular Hbond substituents is 1. The lowest BCUT2D eigenvalue weighted by atomic mass is 10.0. The van der Waals surface area contributed by atoms with Gasteiger partial charge in [0.25, 0.3) is 0 Å². The van der Waals surface area contributed by atoms with Gasteiger partial charge in [0.15, 0.2) is 0 Å². The molecule has 0 aliphatic rings. The van der Waals surface area contributed by atoms with Crippen molar-refractivity contribution in [3.8, 4) is 5.75 Å². The van der Waals surface area contributed by atoms with Crippen LogP contribution >= 0.6 is 0 Å². The van der Waals surface area contributed by atoms with E-state index in [4.69, 9.17) is 10.8 Å². The zero-order valence-electron chi connectivity index (χ0n) is 33.4. The molecule has 324 valence electrons. The Hall–Kier alpha value is -6.58. The second-order valence-corrected chi connectivity index (χ2v) is 14.3. The first-order valence-corrected chi connectivity index (χ1v) is 18.7. The van der Waals surface area contributed by atoms with Crippen LogP contribution in [-0.4, -0.2) is 127 Å². The molecule has 0 spiro atoms. The van der Waals surface area contributed by atoms with E-state index >= 15 is 0 Å². The fraction of sp³-hybridized carbons (Fsp3) is 0.514. The van der Waals surface area contributed by atoms with Gasteiger partial charge in [0, 0.05) is 31.2 Å². The predicted octanol–water partition coefficient (Wildman–Crippen LogP) is -2.69. The number of aliphatic carboxylic acids is 2. The maximum Gasteiger partial charge on any atom is 0.325 e. The lowest BCUT2D eigenvalue weighted by molar-refractivity contribution is -0.142. The van der Waals surface area contributed by atoms with Gasteiger partial charge in [0.05, 0.1) is 18.9 Å². The first kappa shape index (κ1) is 48.6. The van der Waals surface area contributed by atoms with Crippen LogP contribution in [0.5, 0.6) is 5.75 Å². The van der Waals surface area contributed by atoms with E-state index in [1.807, 2.05) is 0 Å². The van der Waals surface area contributed by atoms with Gasteiger partial charge in [0.1, 0.15) is 42.0 Å². The molecule has 0 aliphatic carbocycles. The minimum atomic E-state index is -1.46. The quantitative estimate of drug-likeness (QED) is 0.0513. The van der Waals surface area contributed by atoms with Gasteiger partial charge in [-0.05, 0) is 57.2 Å². The number of nitrogens with two attached hydrogens (primary N) is 1. The standard InChI is InChI=1S/C37H54N10O12/c1-18(2)12-26(35(56)45-25(10-11-30(50)51)34(55)43-21(5)37(58)59)44-29(49)16-40-33(54)27(13-22-6-8-24(48)9-7-22)47-36(57)28(14-23-15-39-17-41-23)46-32(53)20(4)42-31(52)19(3)38/h6-9,15,17-21,25-28,48H,10-14,16,38H2,1-5H3,(H,39,41)(H,40,54)(H,42,52)(H,43,55)(H,44,49)(H,45,56)(H,46,53)(H,47,57)(H,50,51)(H,58,59)/t19-,20-,21-,25-,26-,27-,28-/m0/s1. The maximum absolute atomic E-state index is 13.8. The number of imidazole rings is 1. The van der Waals surface area contributed by atoms with Gasteiger partial charge in [-0.2, -0.15) is 0 Å². The summed E-state index contributed by atoms with van der Waals surface area (Å²) < 4.78 is 0. The minimum absolute atomic E-state index is 0.0425. The molecule has 13 N–H and O–H groups in total. The van der Waals surface area contributed by atoms with E-state index in [1.54, 1.807) is 13.8 Å². The number of benzene rings is 1. The van der Waals surface area contributed by atoms with Crippen LogP contribution in [0, 0.1) is 5.92 Å². The van der Waals surface area contributed by atoms with Crippen molar-refractivity contribution >= 4 is 53.3 Å². The lowest BCUT2D eigenvalue weighted by Gasteiger charge is -2.25. The van der Waals surface area contributed by atoms with Crippen LogP contribution in [0.3, 0.4) is 0 Å². The number of carboxylic acids is 2. The molecule has 1 heterocycles. The number of carbonyl (C=O) groups excluding carboxylic acids is 7. The topological polar surface area (TPSA) is 353 Å². The van der Waals surface area contributed by atoms with Crippen LogP contribution in [-0.2, 0) is 56.0 Å². The molecule has 0 saturated carbocycles. The number of carbonyl (C=O) groups is 9. The largest absolute Gasteiger partial charge is 0.508 e. The summed E-state index contributed by atoms with van der Waals surface area (Å²) in [5.41, 5.74) is 6.52. The first-order chi connectivity index (χ1) is 27.7. The van der Waals surface area contributed by atoms with Crippen molar-refractivity contribution in [2.45, 2.75) is 109 Å². The second-order valence-electron chi connectivity index (χ2n) is 14.3. The van der Waals surface area contributed by atoms with Crippen molar-refractivity contribution in [3.05, 3.63) is 48.0 Å². The van der Waals surface area contributed by atoms with E-state index in [0.29, 0.717) is 11.3 Å². The van der Waals surface area contributed by atoms with Gasteiger partial charge in [-0.15, -0.1) is 0 Å². The number of hydrogen-bond donors (Lipinski definition) is 12. The summed E-state index contributed by atoms with van der Waals surface area (Å²) in [7, 11) is 0. The number of amides is 7. The highest BCUT2D eigenvalue weighted by atomic mass is 16.4. The molecule has 59 heavy (non-hydrogen) atoms. The van der Waals surface area contributed by atoms with Gasteiger partial charge in [0.2, 0.25) is 41.4 Å². The van der Waals surface area contributed by atoms with E-state index in [9.17, 15) is 53.4 Å². The Labute approximate surface area is 339 Å². The molecule has 0 aliphatic heterocycles. The van der Waals surface area contributed by atoms with Gasteiger partial charge < -0.3 is 63.3 Å². The number of nitrogens with one attached hydrogen (secondary N) is 8. The fourth-order valence-corrected chi connectivity index (χ4v) is 5.31. The molecule has 0 saturated heterocycles. The van der Waals surface area contributed by atoms with Crippen LogP contribution in [0.15, 0.2) is 36.8 Å². The van der Waals surface area contributed by atoms with Crippen LogP contribution in [0.25, 0.3) is 0 Å². The Morgan fingerprint density at radius 1 is 0.678 bits per heavy atom. The molecular weight excluding hydrogens is 776 g/mol. The number of H-pyrrole nitrogens is 1. The van der Waals surface area contributed by atoms with Gasteiger partial charge >= 0.3 is 11.9 Å². The molecule has 2 aromatic rings. The summed E-state index contributed by atoms with van der Waals surface area (Å²) in [5, 5.41) is 45.2. The minimum Gasteiger partial charge on any atom is -0.508 e. The second kappa shape index (κ2) is 23.6. The molecule has 0 radical (unpaired) electrons. The van der Waals surface area contributed by atoms with Crippen LogP contribution < -0.4 is 43.0 Å². The van der Waals surface area contributed by atoms with E-state index in [-0.39, 0.29) is 37.4 Å². The molecule has 7 amide bonds. The number of carboxylic acid groups (broad SMARTS) is 2. The number of aromatic hydroxyl groups is 1. The zero-order valence-corrected chi connectivity index (χ0v) is 33.4. The third-order valence-electron chi connectivity index (χ3n) is 8.58. The van der Waals surface area contributed by atoms with Crippen LogP contribution in [0.1, 0.15) is 65.1 Å². The number of rotatable bonds is 24. The Bertz CT molecular complexity index is 1790. The SMILES string of the molecule is CC(C)C[C@H](NC(=O)CNC(=O)[C@H](Cc1ccc(O)cc1)NC(=O)[C@H](Cc1cnc[nH]1)NC(=O)[C@H](C)NC(=O)[C@H](C)N)C(=O)N[C@@H](CCC(=O)O)C(=O)N[C@@H](C)C(=O)O. The summed E-state index contributed by atoms with van der Waals surface area (Å²) in [4.78, 5) is 121. The van der Waals surface area contributed by atoms with Crippen molar-refractivity contribution in [2.75, 3.05) is 6.54 Å². The maximum atomic E-state index is 13.8. The predicted molar refractivity (Wildman–Crippen MR) is 208 cm³/mol. The summed E-state index contributed by atoms with van der Waals surface area (Å²) >= 11 is 0. The van der Waals surface area contributed by atoms with Crippen molar-refractivity contribution < 1.29 is 58.5 Å². The number of hydrogen-bond acceptors (Lipinski definition) is 12. The molecule has 0 unspecified atom stereocenters. The van der Waals surface area contributed by atoms with E-state index in [2.05, 4.69) is 47.2 Å². The molecule has 22 heteroatoms. The molecule has 22 nitrogen and oxygen atoms in total. The summed E-state index contributed by atoms with van der Waals surface area (Å²) in [6.45, 7) is 6.78. The third-order valence-corrected chi connectivity index (χ3v) is 8.58. The summed E-state index contributed by atoms with van der Waals surface area (Å²) in [5.74, 6) is -8.60. The molecule has 0 fully saturated rings. The van der Waals surface area contributed by atoms with Crippen molar-refractivity contribution in [1.82, 2.24) is 47.2 Å². The molecule has 1 aromatic heterocycles. The number of aromatic nitrogens is 2. The Balaban J connectivity index is 2.27. The highest BCUT2D eigenvalue weighted by molar-refractivity contribution is 5.97. The average Bonchev–Trinajstić information content (AvgIpc) is 3.68. The van der Waals surface area contributed by atoms with E-state index in [1.165, 1.54) is 57.6 Å². The summed E-state index contributed by atoms with van der Waals surface area (Å²) in [6.07, 6.45) is 1.63. The lowest BCUT2D eigenvalue weighted by Crippen LogP contribution is -2.58. The Morgan fingerprint density at radius 3 is 1.80 bits per heavy atom. The molecule has 0 bridgehead atoms. The van der Waals surface area contributed by atoms with Crippen molar-refractivity contribution in [2.24, 2.45) is 11.7 Å². The van der Waals surface area contributed by atoms with Crippen LogP contribution in [0.2, 0.25) is 0 Å². The highest BCUT2D eigenvalue weighted by Gasteiger charge is 2.32. The fourth-order valence-electron chi connectivity index (χ4n) is 5.31. The van der Waals surface area contributed by atoms with E-state index < -0.39 is 109 Å². The first-order valence-electron chi connectivity index (χ1n) is 18.7. The van der Waals surface area contributed by atoms with Gasteiger partial charge in [-0.25, -0.2) is 4.98 Å². The molecular formula is C37H54N10O12. The normalized spacial score (nSPS) is 14.5. The van der Waals surface area contributed by atoms with Crippen molar-refractivity contribution in [1.29, 1.82) is 0 Å². The van der Waals surface area contributed by atoms with E-state index in [0.717, 1.165) is 0 Å². The average molecular weight is 831 g/mol. The molecule has 7 atom stereocenters. The monoisotopic (exact) mass is 830 g/mol. The van der Waals surface area contributed by atoms with Crippen molar-refractivity contribution in [3.63, 3.8) is 0 Å². The Kier molecular flexibility index (Phi) is 19.4.